The van der Waals surface area contributed by atoms with Crippen LogP contribution in [-0.2, 0) is 0 Å². The van der Waals surface area contributed by atoms with Gasteiger partial charge in [-0.15, -0.1) is 12.4 Å². The Morgan fingerprint density at radius 3 is 2.50 bits per heavy atom. The fraction of sp³-hybridized carbons (Fsp3) is 0.360. The third-order valence-corrected chi connectivity index (χ3v) is 6.51. The number of amides is 1. The number of nitrogens with one attached hydrogen (secondary N) is 2. The number of benzene rings is 2. The first kappa shape index (κ1) is 24.3. The molecule has 1 fully saturated rings. The molecule has 1 aliphatic heterocycles. The zero-order valence-electron chi connectivity index (χ0n) is 18.7. The van der Waals surface area contributed by atoms with Crippen LogP contribution >= 0.6 is 24.0 Å². The van der Waals surface area contributed by atoms with Gasteiger partial charge in [0, 0.05) is 16.6 Å². The van der Waals surface area contributed by atoms with E-state index in [9.17, 15) is 4.79 Å². The van der Waals surface area contributed by atoms with Crippen molar-refractivity contribution in [1.29, 1.82) is 0 Å². The van der Waals surface area contributed by atoms with E-state index in [1.807, 2.05) is 29.8 Å². The molecule has 2 N–H and O–H groups in total. The lowest BCUT2D eigenvalue weighted by Gasteiger charge is -2.25. The molecule has 1 aliphatic rings. The van der Waals surface area contributed by atoms with Crippen LogP contribution in [0.25, 0.3) is 5.69 Å². The maximum atomic E-state index is 13.3. The number of piperidine rings is 1. The summed E-state index contributed by atoms with van der Waals surface area (Å²) in [5, 5.41) is 11.7. The monoisotopic (exact) mass is 472 g/mol. The standard InChI is InChI=1S/C25H29ClN4O.ClH/c1-16(2)18-7-9-20(10-8-18)30-24(19-11-13-27-14-12-19)21(15-28-30)25(31)29-23-6-4-5-22(26)17(23)3;/h4-10,15-16,19,27H,11-14H2,1-3H3,(H,29,31);1H. The second-order valence-electron chi connectivity index (χ2n) is 8.49. The number of hydrogen-bond acceptors (Lipinski definition) is 3. The number of rotatable bonds is 5. The van der Waals surface area contributed by atoms with Crippen LogP contribution in [0.1, 0.15) is 65.7 Å². The molecule has 2 heterocycles. The highest BCUT2D eigenvalue weighted by molar-refractivity contribution is 6.31. The molecule has 1 saturated heterocycles. The molecule has 4 rings (SSSR count). The van der Waals surface area contributed by atoms with E-state index in [4.69, 9.17) is 11.6 Å². The summed E-state index contributed by atoms with van der Waals surface area (Å²) < 4.78 is 1.94. The van der Waals surface area contributed by atoms with Gasteiger partial charge in [-0.25, -0.2) is 4.68 Å². The average Bonchev–Trinajstić information content (AvgIpc) is 3.23. The van der Waals surface area contributed by atoms with E-state index in [2.05, 4.69) is 53.8 Å². The average molecular weight is 473 g/mol. The summed E-state index contributed by atoms with van der Waals surface area (Å²) in [6.45, 7) is 8.16. The molecule has 2 aromatic carbocycles. The molecule has 0 radical (unpaired) electrons. The van der Waals surface area contributed by atoms with Crippen molar-refractivity contribution < 1.29 is 4.79 Å². The fourth-order valence-corrected chi connectivity index (χ4v) is 4.33. The molecule has 3 aromatic rings. The van der Waals surface area contributed by atoms with E-state index in [0.29, 0.717) is 16.5 Å². The first-order chi connectivity index (χ1) is 15.0. The molecular formula is C25H30Cl2N4O. The van der Waals surface area contributed by atoms with Crippen molar-refractivity contribution in [1.82, 2.24) is 15.1 Å². The number of carbonyl (C=O) groups is 1. The Hall–Kier alpha value is -2.34. The van der Waals surface area contributed by atoms with Gasteiger partial charge in [-0.2, -0.15) is 5.10 Å². The van der Waals surface area contributed by atoms with E-state index >= 15 is 0 Å². The van der Waals surface area contributed by atoms with Gasteiger partial charge < -0.3 is 10.6 Å². The number of anilines is 1. The first-order valence-corrected chi connectivity index (χ1v) is 11.3. The van der Waals surface area contributed by atoms with Crippen molar-refractivity contribution in [2.45, 2.75) is 45.4 Å². The molecule has 0 bridgehead atoms. The third kappa shape index (κ3) is 5.01. The Balaban J connectivity index is 0.00000289. The fourth-order valence-electron chi connectivity index (χ4n) is 4.16. The first-order valence-electron chi connectivity index (χ1n) is 10.9. The smallest absolute Gasteiger partial charge is 0.259 e. The van der Waals surface area contributed by atoms with Gasteiger partial charge in [-0.05, 0) is 74.2 Å². The van der Waals surface area contributed by atoms with Gasteiger partial charge in [-0.3, -0.25) is 4.79 Å². The SMILES string of the molecule is Cc1c(Cl)cccc1NC(=O)c1cnn(-c2ccc(C(C)C)cc2)c1C1CCNCC1.Cl. The molecule has 7 heteroatoms. The van der Waals surface area contributed by atoms with Crippen LogP contribution in [0.4, 0.5) is 5.69 Å². The molecule has 5 nitrogen and oxygen atoms in total. The van der Waals surface area contributed by atoms with Crippen molar-refractivity contribution in [3.8, 4) is 5.69 Å². The van der Waals surface area contributed by atoms with Crippen LogP contribution in [0.2, 0.25) is 5.02 Å². The lowest BCUT2D eigenvalue weighted by atomic mass is 9.91. The van der Waals surface area contributed by atoms with Crippen LogP contribution in [0.3, 0.4) is 0 Å². The molecule has 1 amide bonds. The minimum atomic E-state index is -0.149. The zero-order chi connectivity index (χ0) is 22.0. The van der Waals surface area contributed by atoms with Crippen LogP contribution in [-0.4, -0.2) is 28.8 Å². The summed E-state index contributed by atoms with van der Waals surface area (Å²) in [6.07, 6.45) is 3.65. The summed E-state index contributed by atoms with van der Waals surface area (Å²) in [7, 11) is 0. The van der Waals surface area contributed by atoms with Crippen molar-refractivity contribution in [3.63, 3.8) is 0 Å². The molecule has 0 saturated carbocycles. The third-order valence-electron chi connectivity index (χ3n) is 6.10. The van der Waals surface area contributed by atoms with Crippen LogP contribution < -0.4 is 10.6 Å². The predicted octanol–water partition coefficient (Wildman–Crippen LogP) is 6.10. The van der Waals surface area contributed by atoms with Gasteiger partial charge in [0.25, 0.3) is 5.91 Å². The lowest BCUT2D eigenvalue weighted by molar-refractivity contribution is 0.102. The summed E-state index contributed by atoms with van der Waals surface area (Å²) in [5.41, 5.74) is 5.46. The highest BCUT2D eigenvalue weighted by Crippen LogP contribution is 2.32. The number of nitrogens with zero attached hydrogens (tertiary/aromatic N) is 2. The molecule has 32 heavy (non-hydrogen) atoms. The van der Waals surface area contributed by atoms with E-state index in [0.717, 1.165) is 48.6 Å². The van der Waals surface area contributed by atoms with E-state index in [1.54, 1.807) is 6.20 Å². The quantitative estimate of drug-likeness (QED) is 0.471. The Morgan fingerprint density at radius 2 is 1.84 bits per heavy atom. The molecule has 0 atom stereocenters. The summed E-state index contributed by atoms with van der Waals surface area (Å²) in [5.74, 6) is 0.594. The number of halogens is 2. The lowest BCUT2D eigenvalue weighted by Crippen LogP contribution is -2.29. The second kappa shape index (κ2) is 10.5. The minimum absolute atomic E-state index is 0. The molecule has 0 spiro atoms. The Kier molecular flexibility index (Phi) is 7.99. The van der Waals surface area contributed by atoms with Gasteiger partial charge in [0.15, 0.2) is 0 Å². The second-order valence-corrected chi connectivity index (χ2v) is 8.90. The van der Waals surface area contributed by atoms with Crippen molar-refractivity contribution in [3.05, 3.63) is 76.1 Å². The summed E-state index contributed by atoms with van der Waals surface area (Å²) >= 11 is 6.24. The maximum absolute atomic E-state index is 13.3. The number of aromatic nitrogens is 2. The van der Waals surface area contributed by atoms with Gasteiger partial charge in [-0.1, -0.05) is 43.6 Å². The highest BCUT2D eigenvalue weighted by atomic mass is 35.5. The van der Waals surface area contributed by atoms with Crippen LogP contribution in [0.5, 0.6) is 0 Å². The summed E-state index contributed by atoms with van der Waals surface area (Å²) in [6, 6.07) is 14.0. The molecule has 1 aromatic heterocycles. The molecular weight excluding hydrogens is 443 g/mol. The molecule has 0 aliphatic carbocycles. The Morgan fingerprint density at radius 1 is 1.16 bits per heavy atom. The normalized spacial score (nSPS) is 14.3. The van der Waals surface area contributed by atoms with Gasteiger partial charge >= 0.3 is 0 Å². The van der Waals surface area contributed by atoms with Crippen LogP contribution in [0, 0.1) is 6.92 Å². The van der Waals surface area contributed by atoms with Gasteiger partial charge in [0.1, 0.15) is 0 Å². The van der Waals surface area contributed by atoms with Gasteiger partial charge in [0.2, 0.25) is 0 Å². The van der Waals surface area contributed by atoms with E-state index < -0.39 is 0 Å². The molecule has 170 valence electrons. The van der Waals surface area contributed by atoms with E-state index in [-0.39, 0.29) is 24.2 Å². The maximum Gasteiger partial charge on any atom is 0.259 e. The van der Waals surface area contributed by atoms with E-state index in [1.165, 1.54) is 5.56 Å². The Labute approximate surface area is 201 Å². The van der Waals surface area contributed by atoms with Crippen LogP contribution in [0.15, 0.2) is 48.7 Å². The molecule has 0 unspecified atom stereocenters. The summed E-state index contributed by atoms with van der Waals surface area (Å²) in [4.78, 5) is 13.3. The van der Waals surface area contributed by atoms with Gasteiger partial charge in [0.05, 0.1) is 23.1 Å². The van der Waals surface area contributed by atoms with Crippen molar-refractivity contribution >= 4 is 35.6 Å². The topological polar surface area (TPSA) is 59.0 Å². The highest BCUT2D eigenvalue weighted by Gasteiger charge is 2.27. The van der Waals surface area contributed by atoms with Crippen molar-refractivity contribution in [2.24, 2.45) is 0 Å². The predicted molar refractivity (Wildman–Crippen MR) is 134 cm³/mol. The van der Waals surface area contributed by atoms with Crippen molar-refractivity contribution in [2.75, 3.05) is 18.4 Å². The number of hydrogen-bond donors (Lipinski definition) is 2. The minimum Gasteiger partial charge on any atom is -0.322 e. The Bertz CT molecular complexity index is 1070. The zero-order valence-corrected chi connectivity index (χ0v) is 20.3. The largest absolute Gasteiger partial charge is 0.322 e. The number of carbonyl (C=O) groups excluding carboxylic acids is 1.